The fourth-order valence-electron chi connectivity index (χ4n) is 1.73. The number of benzene rings is 1. The first kappa shape index (κ1) is 11.8. The second-order valence-electron chi connectivity index (χ2n) is 3.82. The Morgan fingerprint density at radius 2 is 2.21 bits per heavy atom. The molecule has 7 heteroatoms. The van der Waals surface area contributed by atoms with Gasteiger partial charge in [-0.15, -0.1) is 0 Å². The van der Waals surface area contributed by atoms with Crippen LogP contribution < -0.4 is 5.32 Å². The average Bonchev–Trinajstić information content (AvgIpc) is 2.92. The Labute approximate surface area is 116 Å². The molecule has 6 nitrogen and oxygen atoms in total. The molecular weight excluding hydrogens is 310 g/mol. The fraction of sp³-hybridized carbons (Fsp3) is 0. The molecule has 0 aliphatic heterocycles. The summed E-state index contributed by atoms with van der Waals surface area (Å²) >= 11 is 3.37. The van der Waals surface area contributed by atoms with Crippen molar-refractivity contribution in [1.29, 1.82) is 0 Å². The first-order chi connectivity index (χ1) is 9.24. The first-order valence-electron chi connectivity index (χ1n) is 5.45. The minimum absolute atomic E-state index is 0.161. The molecule has 0 radical (unpaired) electrons. The molecule has 94 valence electrons. The van der Waals surface area contributed by atoms with Crippen LogP contribution in [0.15, 0.2) is 41.3 Å². The number of rotatable bonds is 2. The van der Waals surface area contributed by atoms with Gasteiger partial charge in [0.25, 0.3) is 5.91 Å². The predicted octanol–water partition coefficient (Wildman–Crippen LogP) is 2.37. The van der Waals surface area contributed by atoms with E-state index in [1.54, 1.807) is 12.3 Å². The van der Waals surface area contributed by atoms with Crippen molar-refractivity contribution in [2.75, 3.05) is 5.32 Å². The highest BCUT2D eigenvalue weighted by Gasteiger charge is 2.11. The highest BCUT2D eigenvalue weighted by molar-refractivity contribution is 9.10. The number of carbonyl (C=O) groups is 1. The van der Waals surface area contributed by atoms with E-state index in [9.17, 15) is 4.79 Å². The van der Waals surface area contributed by atoms with Crippen LogP contribution in [0.1, 0.15) is 10.6 Å². The van der Waals surface area contributed by atoms with Gasteiger partial charge in [-0.25, -0.2) is 4.98 Å². The Kier molecular flexibility index (Phi) is 2.96. The van der Waals surface area contributed by atoms with E-state index in [0.717, 1.165) is 15.4 Å². The minimum Gasteiger partial charge on any atom is -0.317 e. The Hall–Kier alpha value is -2.28. The Morgan fingerprint density at radius 3 is 3.00 bits per heavy atom. The lowest BCUT2D eigenvalue weighted by atomic mass is 10.2. The number of para-hydroxylation sites is 1. The van der Waals surface area contributed by atoms with E-state index in [2.05, 4.69) is 41.4 Å². The van der Waals surface area contributed by atoms with Crippen molar-refractivity contribution in [3.8, 4) is 0 Å². The van der Waals surface area contributed by atoms with Gasteiger partial charge >= 0.3 is 0 Å². The number of aromatic amines is 1. The van der Waals surface area contributed by atoms with Gasteiger partial charge in [0, 0.05) is 16.1 Å². The molecule has 19 heavy (non-hydrogen) atoms. The van der Waals surface area contributed by atoms with Gasteiger partial charge < -0.3 is 5.32 Å². The number of amides is 1. The van der Waals surface area contributed by atoms with Crippen molar-refractivity contribution in [2.24, 2.45) is 0 Å². The van der Waals surface area contributed by atoms with Gasteiger partial charge in [-0.3, -0.25) is 14.9 Å². The quantitative estimate of drug-likeness (QED) is 0.760. The molecule has 0 fully saturated rings. The van der Waals surface area contributed by atoms with Crippen molar-refractivity contribution in [3.63, 3.8) is 0 Å². The van der Waals surface area contributed by atoms with Crippen molar-refractivity contribution in [2.45, 2.75) is 0 Å². The molecule has 0 unspecified atom stereocenters. The number of pyridine rings is 1. The summed E-state index contributed by atoms with van der Waals surface area (Å²) in [4.78, 5) is 20.0. The third-order valence-corrected chi connectivity index (χ3v) is 2.99. The molecule has 3 aromatic rings. The zero-order valence-electron chi connectivity index (χ0n) is 9.59. The van der Waals surface area contributed by atoms with Crippen molar-refractivity contribution in [3.05, 3.63) is 47.1 Å². The standard InChI is InChI=1S/C12H8BrN5O/c13-8-4-7-2-1-3-9(10(7)14-5-8)17-12(19)11-15-6-16-18-11/h1-6H,(H,17,19)(H,15,16,18). The molecule has 1 amide bonds. The van der Waals surface area contributed by atoms with Gasteiger partial charge in [0.15, 0.2) is 0 Å². The zero-order chi connectivity index (χ0) is 13.2. The first-order valence-corrected chi connectivity index (χ1v) is 6.24. The molecule has 0 bridgehead atoms. The summed E-state index contributed by atoms with van der Waals surface area (Å²) in [5.74, 6) is -0.191. The minimum atomic E-state index is -0.352. The molecule has 0 saturated carbocycles. The number of hydrogen-bond donors (Lipinski definition) is 2. The number of carbonyl (C=O) groups excluding carboxylic acids is 1. The molecule has 1 aromatic carbocycles. The van der Waals surface area contributed by atoms with Crippen LogP contribution >= 0.6 is 15.9 Å². The molecule has 2 N–H and O–H groups in total. The lowest BCUT2D eigenvalue weighted by molar-refractivity contribution is 0.101. The number of fused-ring (bicyclic) bond motifs is 1. The number of anilines is 1. The second kappa shape index (κ2) is 4.77. The SMILES string of the molecule is O=C(Nc1cccc2cc(Br)cnc12)c1ncn[nH]1. The molecule has 0 atom stereocenters. The third kappa shape index (κ3) is 2.32. The largest absolute Gasteiger partial charge is 0.317 e. The van der Waals surface area contributed by atoms with Gasteiger partial charge in [0.1, 0.15) is 6.33 Å². The van der Waals surface area contributed by atoms with E-state index in [0.29, 0.717) is 5.69 Å². The summed E-state index contributed by atoms with van der Waals surface area (Å²) in [6.45, 7) is 0. The second-order valence-corrected chi connectivity index (χ2v) is 4.73. The lowest BCUT2D eigenvalue weighted by Crippen LogP contribution is -2.14. The molecule has 0 saturated heterocycles. The molecule has 2 aromatic heterocycles. The summed E-state index contributed by atoms with van der Waals surface area (Å²) in [6.07, 6.45) is 2.97. The van der Waals surface area contributed by atoms with Gasteiger partial charge in [-0.2, -0.15) is 5.10 Å². The van der Waals surface area contributed by atoms with Crippen molar-refractivity contribution < 1.29 is 4.79 Å². The topological polar surface area (TPSA) is 83.6 Å². The summed E-state index contributed by atoms with van der Waals surface area (Å²) in [7, 11) is 0. The maximum atomic E-state index is 11.9. The summed E-state index contributed by atoms with van der Waals surface area (Å²) in [6, 6.07) is 7.51. The summed E-state index contributed by atoms with van der Waals surface area (Å²) in [5.41, 5.74) is 1.35. The normalized spacial score (nSPS) is 10.6. The number of aromatic nitrogens is 4. The third-order valence-electron chi connectivity index (χ3n) is 2.56. The Bertz CT molecular complexity index is 741. The van der Waals surface area contributed by atoms with Crippen LogP contribution in [0.3, 0.4) is 0 Å². The van der Waals surface area contributed by atoms with E-state index in [1.807, 2.05) is 18.2 Å². The van der Waals surface area contributed by atoms with Crippen LogP contribution in [0.4, 0.5) is 5.69 Å². The fourth-order valence-corrected chi connectivity index (χ4v) is 2.08. The van der Waals surface area contributed by atoms with E-state index in [4.69, 9.17) is 0 Å². The van der Waals surface area contributed by atoms with E-state index in [1.165, 1.54) is 6.33 Å². The number of nitrogens with one attached hydrogen (secondary N) is 2. The molecule has 0 aliphatic rings. The Morgan fingerprint density at radius 1 is 1.32 bits per heavy atom. The van der Waals surface area contributed by atoms with Crippen LogP contribution in [0.2, 0.25) is 0 Å². The van der Waals surface area contributed by atoms with Gasteiger partial charge in [0.05, 0.1) is 11.2 Å². The molecular formula is C12H8BrN5O. The van der Waals surface area contributed by atoms with Gasteiger partial charge in [-0.05, 0) is 28.1 Å². The van der Waals surface area contributed by atoms with Crippen LogP contribution in [-0.2, 0) is 0 Å². The highest BCUT2D eigenvalue weighted by atomic mass is 79.9. The van der Waals surface area contributed by atoms with Crippen molar-refractivity contribution in [1.82, 2.24) is 20.2 Å². The van der Waals surface area contributed by atoms with Crippen LogP contribution in [0.25, 0.3) is 10.9 Å². The van der Waals surface area contributed by atoms with Crippen LogP contribution in [-0.4, -0.2) is 26.1 Å². The monoisotopic (exact) mass is 317 g/mol. The number of nitrogens with zero attached hydrogens (tertiary/aromatic N) is 3. The summed E-state index contributed by atoms with van der Waals surface area (Å²) < 4.78 is 0.888. The maximum Gasteiger partial charge on any atom is 0.293 e. The zero-order valence-corrected chi connectivity index (χ0v) is 11.2. The number of halogens is 1. The van der Waals surface area contributed by atoms with E-state index in [-0.39, 0.29) is 11.7 Å². The maximum absolute atomic E-state index is 11.9. The average molecular weight is 318 g/mol. The van der Waals surface area contributed by atoms with Crippen molar-refractivity contribution >= 4 is 38.4 Å². The lowest BCUT2D eigenvalue weighted by Gasteiger charge is -2.06. The summed E-state index contributed by atoms with van der Waals surface area (Å²) in [5, 5.41) is 9.84. The van der Waals surface area contributed by atoms with Crippen LogP contribution in [0.5, 0.6) is 0 Å². The Balaban J connectivity index is 1.99. The van der Waals surface area contributed by atoms with Gasteiger partial charge in [-0.1, -0.05) is 12.1 Å². The molecule has 0 aliphatic carbocycles. The van der Waals surface area contributed by atoms with Crippen LogP contribution in [0, 0.1) is 0 Å². The van der Waals surface area contributed by atoms with E-state index >= 15 is 0 Å². The van der Waals surface area contributed by atoms with Gasteiger partial charge in [0.2, 0.25) is 5.82 Å². The van der Waals surface area contributed by atoms with E-state index < -0.39 is 0 Å². The smallest absolute Gasteiger partial charge is 0.293 e. The molecule has 2 heterocycles. The number of H-pyrrole nitrogens is 1. The molecule has 3 rings (SSSR count). The predicted molar refractivity (Wildman–Crippen MR) is 73.8 cm³/mol. The molecule has 0 spiro atoms. The highest BCUT2D eigenvalue weighted by Crippen LogP contribution is 2.24. The number of hydrogen-bond acceptors (Lipinski definition) is 4.